The highest BCUT2D eigenvalue weighted by atomic mass is 16.2. The minimum absolute atomic E-state index is 0.320. The van der Waals surface area contributed by atoms with E-state index in [2.05, 4.69) is 6.92 Å². The van der Waals surface area contributed by atoms with Crippen LogP contribution in [-0.2, 0) is 4.79 Å². The minimum atomic E-state index is 0.320. The van der Waals surface area contributed by atoms with Crippen LogP contribution in [0.3, 0.4) is 0 Å². The molecule has 1 rings (SSSR count). The molecular formula is C16H32N2O. The van der Waals surface area contributed by atoms with Crippen LogP contribution in [0.2, 0.25) is 0 Å². The molecule has 1 fully saturated rings. The molecule has 0 saturated heterocycles. The van der Waals surface area contributed by atoms with E-state index >= 15 is 0 Å². The van der Waals surface area contributed by atoms with E-state index in [-0.39, 0.29) is 0 Å². The van der Waals surface area contributed by atoms with Crippen LogP contribution in [0.4, 0.5) is 0 Å². The maximum Gasteiger partial charge on any atom is 0.222 e. The van der Waals surface area contributed by atoms with Gasteiger partial charge in [0, 0.05) is 20.0 Å². The molecule has 0 spiro atoms. The smallest absolute Gasteiger partial charge is 0.222 e. The van der Waals surface area contributed by atoms with E-state index in [1.165, 1.54) is 32.1 Å². The zero-order valence-electron chi connectivity index (χ0n) is 12.9. The van der Waals surface area contributed by atoms with Crippen LogP contribution in [-0.4, -0.2) is 30.9 Å². The fourth-order valence-corrected chi connectivity index (χ4v) is 3.17. The summed E-state index contributed by atoms with van der Waals surface area (Å²) in [5.74, 6) is 1.69. The molecule has 3 nitrogen and oxygen atoms in total. The number of hydrogen-bond donors (Lipinski definition) is 1. The van der Waals surface area contributed by atoms with Gasteiger partial charge in [0.15, 0.2) is 0 Å². The van der Waals surface area contributed by atoms with Gasteiger partial charge in [0.25, 0.3) is 0 Å². The molecule has 1 amide bonds. The molecule has 0 heterocycles. The first-order chi connectivity index (χ1) is 9.17. The highest BCUT2D eigenvalue weighted by Gasteiger charge is 2.18. The molecule has 1 atom stereocenters. The fraction of sp³-hybridized carbons (Fsp3) is 0.938. The molecular weight excluding hydrogens is 236 g/mol. The summed E-state index contributed by atoms with van der Waals surface area (Å²) < 4.78 is 0. The summed E-state index contributed by atoms with van der Waals surface area (Å²) in [5, 5.41) is 0. The molecule has 2 N–H and O–H groups in total. The topological polar surface area (TPSA) is 46.3 Å². The lowest BCUT2D eigenvalue weighted by atomic mass is 9.89. The van der Waals surface area contributed by atoms with E-state index in [9.17, 15) is 4.79 Å². The maximum absolute atomic E-state index is 12.1. The average molecular weight is 268 g/mol. The number of rotatable bonds is 8. The Bertz CT molecular complexity index is 249. The number of hydrogen-bond acceptors (Lipinski definition) is 2. The molecule has 0 radical (unpaired) electrons. The van der Waals surface area contributed by atoms with E-state index in [0.717, 1.165) is 38.3 Å². The highest BCUT2D eigenvalue weighted by molar-refractivity contribution is 5.75. The first-order valence-corrected chi connectivity index (χ1v) is 8.11. The van der Waals surface area contributed by atoms with Crippen molar-refractivity contribution in [3.05, 3.63) is 0 Å². The van der Waals surface area contributed by atoms with Crippen LogP contribution >= 0.6 is 0 Å². The van der Waals surface area contributed by atoms with E-state index in [1.807, 2.05) is 11.9 Å². The van der Waals surface area contributed by atoms with E-state index in [1.54, 1.807) is 0 Å². The third kappa shape index (κ3) is 6.42. The van der Waals surface area contributed by atoms with Gasteiger partial charge in [-0.2, -0.15) is 0 Å². The summed E-state index contributed by atoms with van der Waals surface area (Å²) in [6.07, 6.45) is 10.6. The number of nitrogens with zero attached hydrogens (tertiary/aromatic N) is 1. The predicted octanol–water partition coefficient (Wildman–Crippen LogP) is 3.18. The third-order valence-electron chi connectivity index (χ3n) is 4.60. The van der Waals surface area contributed by atoms with Crippen LogP contribution in [0.1, 0.15) is 64.7 Å². The Morgan fingerprint density at radius 1 is 1.26 bits per heavy atom. The average Bonchev–Trinajstić information content (AvgIpc) is 2.44. The van der Waals surface area contributed by atoms with E-state index in [0.29, 0.717) is 18.2 Å². The lowest BCUT2D eigenvalue weighted by Crippen LogP contribution is -2.32. The maximum atomic E-state index is 12.1. The molecule has 0 aromatic rings. The number of amides is 1. The molecule has 3 heteroatoms. The van der Waals surface area contributed by atoms with Gasteiger partial charge < -0.3 is 10.6 Å². The number of nitrogens with two attached hydrogens (primary N) is 1. The molecule has 0 bridgehead atoms. The van der Waals surface area contributed by atoms with Gasteiger partial charge in [0.05, 0.1) is 0 Å². The predicted molar refractivity (Wildman–Crippen MR) is 80.9 cm³/mol. The minimum Gasteiger partial charge on any atom is -0.345 e. The molecule has 1 aliphatic rings. The van der Waals surface area contributed by atoms with Gasteiger partial charge in [-0.05, 0) is 44.1 Å². The SMILES string of the molecule is CCC(CCN)CCC(=O)N(C)CC1CCCCC1. The lowest BCUT2D eigenvalue weighted by molar-refractivity contribution is -0.130. The van der Waals surface area contributed by atoms with Crippen molar-refractivity contribution in [2.75, 3.05) is 20.1 Å². The summed E-state index contributed by atoms with van der Waals surface area (Å²) in [4.78, 5) is 14.1. The van der Waals surface area contributed by atoms with Crippen molar-refractivity contribution in [3.8, 4) is 0 Å². The van der Waals surface area contributed by atoms with Crippen molar-refractivity contribution in [1.29, 1.82) is 0 Å². The number of carbonyl (C=O) groups excluding carboxylic acids is 1. The molecule has 19 heavy (non-hydrogen) atoms. The van der Waals surface area contributed by atoms with Crippen molar-refractivity contribution in [2.24, 2.45) is 17.6 Å². The molecule has 0 aromatic carbocycles. The summed E-state index contributed by atoms with van der Waals surface area (Å²) in [6.45, 7) is 3.90. The Hall–Kier alpha value is -0.570. The Balaban J connectivity index is 2.23. The first-order valence-electron chi connectivity index (χ1n) is 8.11. The zero-order chi connectivity index (χ0) is 14.1. The van der Waals surface area contributed by atoms with Gasteiger partial charge in [-0.1, -0.05) is 32.6 Å². The van der Waals surface area contributed by atoms with Crippen LogP contribution in [0, 0.1) is 11.8 Å². The summed E-state index contributed by atoms with van der Waals surface area (Å²) in [5.41, 5.74) is 5.60. The summed E-state index contributed by atoms with van der Waals surface area (Å²) >= 11 is 0. The third-order valence-corrected chi connectivity index (χ3v) is 4.60. The second kappa shape index (κ2) is 9.35. The Labute approximate surface area is 118 Å². The van der Waals surface area contributed by atoms with Crippen molar-refractivity contribution < 1.29 is 4.79 Å². The standard InChI is InChI=1S/C16H32N2O/c1-3-14(11-12-17)9-10-16(19)18(2)13-15-7-5-4-6-8-15/h14-15H,3-13,17H2,1-2H3. The van der Waals surface area contributed by atoms with Gasteiger partial charge in [0.1, 0.15) is 0 Å². The van der Waals surface area contributed by atoms with Gasteiger partial charge in [0.2, 0.25) is 5.91 Å². The lowest BCUT2D eigenvalue weighted by Gasteiger charge is -2.27. The van der Waals surface area contributed by atoms with Crippen molar-refractivity contribution >= 4 is 5.91 Å². The van der Waals surface area contributed by atoms with Gasteiger partial charge >= 0.3 is 0 Å². The quantitative estimate of drug-likeness (QED) is 0.735. The van der Waals surface area contributed by atoms with Crippen LogP contribution in [0.15, 0.2) is 0 Å². The van der Waals surface area contributed by atoms with Gasteiger partial charge in [-0.3, -0.25) is 4.79 Å². The molecule has 1 unspecified atom stereocenters. The first kappa shape index (κ1) is 16.5. The molecule has 0 aromatic heterocycles. The largest absolute Gasteiger partial charge is 0.345 e. The molecule has 0 aliphatic heterocycles. The molecule has 1 saturated carbocycles. The van der Waals surface area contributed by atoms with Gasteiger partial charge in [-0.25, -0.2) is 0 Å². The Morgan fingerprint density at radius 2 is 1.95 bits per heavy atom. The van der Waals surface area contributed by atoms with Crippen molar-refractivity contribution in [1.82, 2.24) is 4.90 Å². The van der Waals surface area contributed by atoms with Crippen LogP contribution in [0.25, 0.3) is 0 Å². The normalized spacial score (nSPS) is 18.3. The summed E-state index contributed by atoms with van der Waals surface area (Å²) in [7, 11) is 1.97. The monoisotopic (exact) mass is 268 g/mol. The zero-order valence-corrected chi connectivity index (χ0v) is 12.9. The van der Waals surface area contributed by atoms with Crippen LogP contribution < -0.4 is 5.73 Å². The van der Waals surface area contributed by atoms with E-state index in [4.69, 9.17) is 5.73 Å². The summed E-state index contributed by atoms with van der Waals surface area (Å²) in [6, 6.07) is 0. The van der Waals surface area contributed by atoms with E-state index < -0.39 is 0 Å². The second-order valence-corrected chi connectivity index (χ2v) is 6.17. The highest BCUT2D eigenvalue weighted by Crippen LogP contribution is 2.24. The van der Waals surface area contributed by atoms with Crippen LogP contribution in [0.5, 0.6) is 0 Å². The Morgan fingerprint density at radius 3 is 2.53 bits per heavy atom. The fourth-order valence-electron chi connectivity index (χ4n) is 3.17. The molecule has 112 valence electrons. The van der Waals surface area contributed by atoms with Gasteiger partial charge in [-0.15, -0.1) is 0 Å². The van der Waals surface area contributed by atoms with Crippen molar-refractivity contribution in [3.63, 3.8) is 0 Å². The van der Waals surface area contributed by atoms with Crippen molar-refractivity contribution in [2.45, 2.75) is 64.7 Å². The molecule has 1 aliphatic carbocycles. The number of carbonyl (C=O) groups is 1. The Kier molecular flexibility index (Phi) is 8.11. The second-order valence-electron chi connectivity index (χ2n) is 6.17.